The molecule has 0 heterocycles. The molecule has 1 fully saturated rings. The Kier molecular flexibility index (Phi) is 6.02. The SMILES string of the molecule is COc1ccccc1C(=O)Nc1cc2c(cc1C(C)C)CC[C@H]1[C@](C)(C(=O)O)CCC[C@]21C. The van der Waals surface area contributed by atoms with Crippen LogP contribution >= 0.6 is 0 Å². The summed E-state index contributed by atoms with van der Waals surface area (Å²) in [5, 5.41) is 13.2. The highest BCUT2D eigenvalue weighted by Crippen LogP contribution is 2.58. The van der Waals surface area contributed by atoms with Crippen LogP contribution in [0.3, 0.4) is 0 Å². The van der Waals surface area contributed by atoms with Crippen molar-refractivity contribution in [1.82, 2.24) is 0 Å². The van der Waals surface area contributed by atoms with E-state index in [9.17, 15) is 14.7 Å². The van der Waals surface area contributed by atoms with E-state index in [2.05, 4.69) is 38.2 Å². The minimum absolute atomic E-state index is 0.0754. The average molecular weight is 450 g/mol. The van der Waals surface area contributed by atoms with E-state index < -0.39 is 11.4 Å². The molecule has 4 rings (SSSR count). The van der Waals surface area contributed by atoms with Crippen molar-refractivity contribution in [3.63, 3.8) is 0 Å². The molecule has 3 atom stereocenters. The largest absolute Gasteiger partial charge is 0.496 e. The number of carbonyl (C=O) groups is 2. The van der Waals surface area contributed by atoms with E-state index >= 15 is 0 Å². The highest BCUT2D eigenvalue weighted by atomic mass is 16.5. The van der Waals surface area contributed by atoms with Gasteiger partial charge >= 0.3 is 5.97 Å². The van der Waals surface area contributed by atoms with Gasteiger partial charge in [0.1, 0.15) is 5.75 Å². The number of aryl methyl sites for hydroxylation is 1. The van der Waals surface area contributed by atoms with Gasteiger partial charge in [-0.05, 0) is 84.7 Å². The summed E-state index contributed by atoms with van der Waals surface area (Å²) in [7, 11) is 1.56. The van der Waals surface area contributed by atoms with Gasteiger partial charge in [0.2, 0.25) is 0 Å². The fraction of sp³-hybridized carbons (Fsp3) is 0.500. The average Bonchev–Trinajstić information content (AvgIpc) is 2.78. The Morgan fingerprint density at radius 1 is 1.15 bits per heavy atom. The number of benzene rings is 2. The lowest BCUT2D eigenvalue weighted by molar-refractivity contribution is -0.157. The first kappa shape index (κ1) is 23.3. The molecule has 0 bridgehead atoms. The van der Waals surface area contributed by atoms with Crippen LogP contribution in [0.1, 0.15) is 86.3 Å². The molecule has 1 saturated carbocycles. The lowest BCUT2D eigenvalue weighted by Gasteiger charge is -2.53. The predicted molar refractivity (Wildman–Crippen MR) is 130 cm³/mol. The maximum Gasteiger partial charge on any atom is 0.309 e. The first-order chi connectivity index (χ1) is 15.6. The predicted octanol–water partition coefficient (Wildman–Crippen LogP) is 6.17. The molecule has 2 aliphatic carbocycles. The zero-order valence-corrected chi connectivity index (χ0v) is 20.3. The van der Waals surface area contributed by atoms with Crippen LogP contribution in [-0.4, -0.2) is 24.1 Å². The van der Waals surface area contributed by atoms with Crippen LogP contribution < -0.4 is 10.1 Å². The van der Waals surface area contributed by atoms with Crippen molar-refractivity contribution in [3.05, 3.63) is 58.7 Å². The van der Waals surface area contributed by atoms with Crippen LogP contribution in [0.15, 0.2) is 36.4 Å². The first-order valence-electron chi connectivity index (χ1n) is 12.0. The van der Waals surface area contributed by atoms with E-state index in [1.54, 1.807) is 19.2 Å². The number of carboxylic acids is 1. The second-order valence-electron chi connectivity index (χ2n) is 10.5. The van der Waals surface area contributed by atoms with Gasteiger partial charge in [0, 0.05) is 5.69 Å². The van der Waals surface area contributed by atoms with E-state index in [1.165, 1.54) is 11.1 Å². The summed E-state index contributed by atoms with van der Waals surface area (Å²) in [6.45, 7) is 8.43. The zero-order valence-electron chi connectivity index (χ0n) is 20.3. The van der Waals surface area contributed by atoms with Crippen LogP contribution in [-0.2, 0) is 16.6 Å². The Bertz CT molecular complexity index is 1090. The number of carboxylic acid groups (broad SMARTS) is 1. The maximum absolute atomic E-state index is 13.2. The van der Waals surface area contributed by atoms with Gasteiger partial charge in [-0.15, -0.1) is 0 Å². The molecule has 2 aromatic rings. The van der Waals surface area contributed by atoms with Crippen LogP contribution in [0, 0.1) is 11.3 Å². The quantitative estimate of drug-likeness (QED) is 0.573. The number of nitrogens with one attached hydrogen (secondary N) is 1. The molecule has 2 aromatic carbocycles. The van der Waals surface area contributed by atoms with Gasteiger partial charge in [-0.3, -0.25) is 9.59 Å². The molecule has 0 aromatic heterocycles. The Morgan fingerprint density at radius 3 is 2.55 bits per heavy atom. The van der Waals surface area contributed by atoms with Gasteiger partial charge in [0.05, 0.1) is 18.1 Å². The Labute approximate surface area is 196 Å². The smallest absolute Gasteiger partial charge is 0.309 e. The molecule has 0 saturated heterocycles. The number of aliphatic carboxylic acids is 1. The molecule has 0 unspecified atom stereocenters. The Balaban J connectivity index is 1.79. The summed E-state index contributed by atoms with van der Waals surface area (Å²) in [5.41, 5.74) is 3.96. The highest BCUT2D eigenvalue weighted by Gasteiger charge is 2.55. The second-order valence-corrected chi connectivity index (χ2v) is 10.5. The van der Waals surface area contributed by atoms with Crippen molar-refractivity contribution in [3.8, 4) is 5.75 Å². The molecule has 176 valence electrons. The molecule has 0 aliphatic heterocycles. The number of anilines is 1. The number of hydrogen-bond donors (Lipinski definition) is 2. The fourth-order valence-electron chi connectivity index (χ4n) is 6.40. The number of fused-ring (bicyclic) bond motifs is 3. The number of ether oxygens (including phenoxy) is 1. The van der Waals surface area contributed by atoms with Gasteiger partial charge in [0.25, 0.3) is 5.91 Å². The van der Waals surface area contributed by atoms with E-state index in [4.69, 9.17) is 4.74 Å². The van der Waals surface area contributed by atoms with Gasteiger partial charge in [-0.25, -0.2) is 0 Å². The van der Waals surface area contributed by atoms with E-state index in [1.807, 2.05) is 19.1 Å². The molecule has 5 heteroatoms. The normalized spacial score (nSPS) is 26.3. The van der Waals surface area contributed by atoms with E-state index in [0.717, 1.165) is 43.4 Å². The summed E-state index contributed by atoms with van der Waals surface area (Å²) >= 11 is 0. The summed E-state index contributed by atoms with van der Waals surface area (Å²) in [6, 6.07) is 11.6. The third-order valence-electron chi connectivity index (χ3n) is 8.23. The van der Waals surface area contributed by atoms with Gasteiger partial charge in [-0.1, -0.05) is 45.4 Å². The van der Waals surface area contributed by atoms with E-state index in [0.29, 0.717) is 11.3 Å². The number of carbonyl (C=O) groups excluding carboxylic acids is 1. The second kappa shape index (κ2) is 8.51. The number of amides is 1. The van der Waals surface area contributed by atoms with Crippen LogP contribution in [0.25, 0.3) is 0 Å². The van der Waals surface area contributed by atoms with Crippen molar-refractivity contribution < 1.29 is 19.4 Å². The first-order valence-corrected chi connectivity index (χ1v) is 12.0. The lowest BCUT2D eigenvalue weighted by Crippen LogP contribution is -2.52. The molecular formula is C28H35NO4. The number of rotatable bonds is 5. The fourth-order valence-corrected chi connectivity index (χ4v) is 6.40. The standard InChI is InChI=1S/C28H35NO4/c1-17(2)20-15-18-11-12-24-27(3,13-8-14-28(24,4)26(31)32)21(18)16-22(20)29-25(30)19-9-6-7-10-23(19)33-5/h6-7,9-10,15-17,24H,8,11-14H2,1-5H3,(H,29,30)(H,31,32)/t24-,27-,28-/m1/s1. The molecule has 1 amide bonds. The lowest BCUT2D eigenvalue weighted by atomic mass is 9.49. The minimum atomic E-state index is -0.720. The van der Waals surface area contributed by atoms with Gasteiger partial charge in [0.15, 0.2) is 0 Å². The van der Waals surface area contributed by atoms with Gasteiger partial charge in [-0.2, -0.15) is 0 Å². The number of hydrogen-bond acceptors (Lipinski definition) is 3. The van der Waals surface area contributed by atoms with Crippen molar-refractivity contribution in [2.75, 3.05) is 12.4 Å². The van der Waals surface area contributed by atoms with Gasteiger partial charge < -0.3 is 15.2 Å². The Morgan fingerprint density at radius 2 is 1.88 bits per heavy atom. The van der Waals surface area contributed by atoms with Crippen LogP contribution in [0.2, 0.25) is 0 Å². The molecular weight excluding hydrogens is 414 g/mol. The minimum Gasteiger partial charge on any atom is -0.496 e. The number of para-hydroxylation sites is 1. The molecule has 2 N–H and O–H groups in total. The topological polar surface area (TPSA) is 75.6 Å². The third-order valence-corrected chi connectivity index (χ3v) is 8.23. The molecule has 0 radical (unpaired) electrons. The number of methoxy groups -OCH3 is 1. The van der Waals surface area contributed by atoms with E-state index in [-0.39, 0.29) is 23.2 Å². The molecule has 0 spiro atoms. The zero-order chi connectivity index (χ0) is 24.0. The van der Waals surface area contributed by atoms with Crippen molar-refractivity contribution >= 4 is 17.6 Å². The van der Waals surface area contributed by atoms with Crippen molar-refractivity contribution in [2.24, 2.45) is 11.3 Å². The Hall–Kier alpha value is -2.82. The summed E-state index contributed by atoms with van der Waals surface area (Å²) < 4.78 is 5.39. The summed E-state index contributed by atoms with van der Waals surface area (Å²) in [4.78, 5) is 25.5. The third kappa shape index (κ3) is 3.81. The van der Waals surface area contributed by atoms with Crippen molar-refractivity contribution in [1.29, 1.82) is 0 Å². The van der Waals surface area contributed by atoms with Crippen molar-refractivity contribution in [2.45, 2.75) is 71.1 Å². The maximum atomic E-state index is 13.2. The molecule has 33 heavy (non-hydrogen) atoms. The monoisotopic (exact) mass is 449 g/mol. The highest BCUT2D eigenvalue weighted by molar-refractivity contribution is 6.06. The summed E-state index contributed by atoms with van der Waals surface area (Å²) in [5.74, 6) is -0.0392. The molecule has 2 aliphatic rings. The molecule has 5 nitrogen and oxygen atoms in total. The summed E-state index contributed by atoms with van der Waals surface area (Å²) in [6.07, 6.45) is 4.34. The van der Waals surface area contributed by atoms with Crippen LogP contribution in [0.4, 0.5) is 5.69 Å². The van der Waals surface area contributed by atoms with Crippen LogP contribution in [0.5, 0.6) is 5.75 Å².